The molecule has 71 heavy (non-hydrogen) atoms. The van der Waals surface area contributed by atoms with Crippen LogP contribution in [0.25, 0.3) is 38.9 Å². The minimum atomic E-state index is -2.83. The number of benzene rings is 9. The van der Waals surface area contributed by atoms with E-state index >= 15 is 0 Å². The molecule has 0 saturated heterocycles. The van der Waals surface area contributed by atoms with E-state index in [2.05, 4.69) is 244 Å². The van der Waals surface area contributed by atoms with Crippen molar-refractivity contribution in [2.45, 2.75) is 52.4 Å². The molecule has 0 aliphatic carbocycles. The number of hydrogen-bond acceptors (Lipinski definition) is 5. The Kier molecular flexibility index (Phi) is 10.6. The highest BCUT2D eigenvalue weighted by Crippen LogP contribution is 2.46. The van der Waals surface area contributed by atoms with Gasteiger partial charge in [-0.2, -0.15) is 4.98 Å². The maximum atomic E-state index is 6.89. The van der Waals surface area contributed by atoms with E-state index in [1.54, 1.807) is 0 Å². The van der Waals surface area contributed by atoms with Crippen molar-refractivity contribution < 1.29 is 9.15 Å². The Labute approximate surface area is 417 Å². The molecule has 0 spiro atoms. The molecular formula is C64H56N4O2Si. The van der Waals surface area contributed by atoms with E-state index in [1.807, 2.05) is 30.3 Å². The number of anilines is 4. The van der Waals surface area contributed by atoms with E-state index in [1.165, 1.54) is 43.2 Å². The molecule has 6 nitrogen and oxygen atoms in total. The molecule has 1 aliphatic heterocycles. The van der Waals surface area contributed by atoms with Crippen LogP contribution >= 0.6 is 0 Å². The molecule has 0 saturated carbocycles. The van der Waals surface area contributed by atoms with E-state index in [4.69, 9.17) is 14.1 Å². The van der Waals surface area contributed by atoms with Crippen molar-refractivity contribution in [1.82, 2.24) is 9.55 Å². The first-order valence-corrected chi connectivity index (χ1v) is 26.6. The summed E-state index contributed by atoms with van der Waals surface area (Å²) in [6.45, 7) is 14.5. The molecule has 0 unspecified atom stereocenters. The summed E-state index contributed by atoms with van der Waals surface area (Å²) in [5.74, 6) is 1.47. The van der Waals surface area contributed by atoms with Crippen molar-refractivity contribution in [2.75, 3.05) is 16.5 Å². The third-order valence-corrected chi connectivity index (χ3v) is 19.1. The normalized spacial score (nSPS) is 13.1. The fourth-order valence-electron chi connectivity index (χ4n) is 10.7. The lowest BCUT2D eigenvalue weighted by Gasteiger charge is -2.34. The van der Waals surface area contributed by atoms with E-state index < -0.39 is 8.07 Å². The molecule has 0 atom stereocenters. The lowest BCUT2D eigenvalue weighted by Crippen LogP contribution is -2.74. The van der Waals surface area contributed by atoms with Crippen LogP contribution in [0.1, 0.15) is 52.7 Å². The van der Waals surface area contributed by atoms with Gasteiger partial charge >= 0.3 is 6.01 Å². The van der Waals surface area contributed by atoms with E-state index in [-0.39, 0.29) is 10.8 Å². The van der Waals surface area contributed by atoms with E-state index in [9.17, 15) is 0 Å². The maximum Gasteiger partial charge on any atom is 0.307 e. The smallest absolute Gasteiger partial charge is 0.307 e. The van der Waals surface area contributed by atoms with Crippen LogP contribution in [0.5, 0.6) is 11.5 Å². The second-order valence-electron chi connectivity index (χ2n) is 20.9. The molecule has 7 heteroatoms. The van der Waals surface area contributed by atoms with Gasteiger partial charge in [0.1, 0.15) is 23.7 Å². The lowest BCUT2D eigenvalue weighted by molar-refractivity contribution is 0.483. The molecule has 9 aromatic carbocycles. The van der Waals surface area contributed by atoms with Gasteiger partial charge in [-0.25, -0.2) is 0 Å². The number of aromatic nitrogens is 2. The number of fused-ring (bicyclic) bond motifs is 5. The molecular weight excluding hydrogens is 885 g/mol. The second kappa shape index (κ2) is 17.1. The highest BCUT2D eigenvalue weighted by molar-refractivity contribution is 7.20. The van der Waals surface area contributed by atoms with Gasteiger partial charge in [-0.1, -0.05) is 181 Å². The van der Waals surface area contributed by atoms with Crippen LogP contribution in [-0.2, 0) is 10.8 Å². The number of para-hydroxylation sites is 4. The van der Waals surface area contributed by atoms with Crippen molar-refractivity contribution in [2.24, 2.45) is 0 Å². The van der Waals surface area contributed by atoms with Crippen LogP contribution in [0.15, 0.2) is 223 Å². The Morgan fingerprint density at radius 3 is 1.62 bits per heavy atom. The minimum absolute atomic E-state index is 0.00402. The summed E-state index contributed by atoms with van der Waals surface area (Å²) in [7, 11) is -2.83. The van der Waals surface area contributed by atoms with Crippen LogP contribution in [-0.4, -0.2) is 24.3 Å². The highest BCUT2D eigenvalue weighted by atomic mass is 28.3. The number of hydrogen-bond donors (Lipinski definition) is 0. The zero-order chi connectivity index (χ0) is 48.5. The van der Waals surface area contributed by atoms with Gasteiger partial charge in [0, 0.05) is 34.3 Å². The first-order valence-electron chi connectivity index (χ1n) is 24.6. The molecule has 0 radical (unpaired) electrons. The summed E-state index contributed by atoms with van der Waals surface area (Å²) in [4.78, 5) is 9.91. The van der Waals surface area contributed by atoms with Gasteiger partial charge in [-0.3, -0.25) is 4.57 Å². The summed E-state index contributed by atoms with van der Waals surface area (Å²) in [6.07, 6.45) is 0. The molecule has 348 valence electrons. The molecule has 0 N–H and O–H groups in total. The summed E-state index contributed by atoms with van der Waals surface area (Å²) in [6, 6.07) is 79.5. The van der Waals surface area contributed by atoms with Crippen LogP contribution in [0.4, 0.5) is 22.7 Å². The van der Waals surface area contributed by atoms with Crippen LogP contribution in [0.3, 0.4) is 0 Å². The molecule has 11 aromatic rings. The van der Waals surface area contributed by atoms with Gasteiger partial charge in [0.05, 0.1) is 22.4 Å². The summed E-state index contributed by atoms with van der Waals surface area (Å²) in [5.41, 5.74) is 10.8. The molecule has 0 fully saturated rings. The van der Waals surface area contributed by atoms with Gasteiger partial charge in [0.15, 0.2) is 13.7 Å². The van der Waals surface area contributed by atoms with Crippen molar-refractivity contribution in [3.8, 4) is 17.5 Å². The number of rotatable bonds is 9. The third-order valence-electron chi connectivity index (χ3n) is 14.3. The summed E-state index contributed by atoms with van der Waals surface area (Å²) >= 11 is 0. The zero-order valence-electron chi connectivity index (χ0n) is 41.1. The second-order valence-corrected chi connectivity index (χ2v) is 24.7. The van der Waals surface area contributed by atoms with Crippen molar-refractivity contribution in [1.29, 1.82) is 0 Å². The van der Waals surface area contributed by atoms with Crippen molar-refractivity contribution in [3.05, 3.63) is 230 Å². The van der Waals surface area contributed by atoms with E-state index in [0.717, 1.165) is 50.0 Å². The Hall–Kier alpha value is -8.13. The fraction of sp³-hybridized carbons (Fsp3) is 0.141. The molecule has 0 amide bonds. The van der Waals surface area contributed by atoms with Gasteiger partial charge in [0.25, 0.3) is 0 Å². The van der Waals surface area contributed by atoms with Gasteiger partial charge in [0.2, 0.25) is 0 Å². The molecule has 12 rings (SSSR count). The van der Waals surface area contributed by atoms with Crippen LogP contribution < -0.4 is 35.3 Å². The maximum absolute atomic E-state index is 6.89. The predicted molar refractivity (Wildman–Crippen MR) is 298 cm³/mol. The first-order chi connectivity index (χ1) is 34.4. The number of ether oxygens (including phenoxy) is 1. The monoisotopic (exact) mass is 940 g/mol. The first kappa shape index (κ1) is 44.1. The largest absolute Gasteiger partial charge is 0.457 e. The Morgan fingerprint density at radius 1 is 0.451 bits per heavy atom. The van der Waals surface area contributed by atoms with Gasteiger partial charge < -0.3 is 19.0 Å². The number of oxazole rings is 1. The summed E-state index contributed by atoms with van der Waals surface area (Å²) < 4.78 is 15.6. The van der Waals surface area contributed by atoms with E-state index in [0.29, 0.717) is 18.4 Å². The Bertz CT molecular complexity index is 3590. The minimum Gasteiger partial charge on any atom is -0.457 e. The predicted octanol–water partition coefficient (Wildman–Crippen LogP) is 13.9. The lowest BCUT2D eigenvalue weighted by atomic mass is 9.80. The molecule has 3 heterocycles. The van der Waals surface area contributed by atoms with Gasteiger partial charge in [-0.15, -0.1) is 0 Å². The Balaban J connectivity index is 0.968. The van der Waals surface area contributed by atoms with Crippen LogP contribution in [0, 0.1) is 0 Å². The molecule has 1 aliphatic rings. The topological polar surface area (TPSA) is 46.7 Å². The van der Waals surface area contributed by atoms with Crippen molar-refractivity contribution >= 4 is 84.5 Å². The quantitative estimate of drug-likeness (QED) is 0.107. The van der Waals surface area contributed by atoms with Crippen LogP contribution in [0.2, 0.25) is 0 Å². The third kappa shape index (κ3) is 7.68. The zero-order valence-corrected chi connectivity index (χ0v) is 42.1. The molecule has 2 aromatic heterocycles. The highest BCUT2D eigenvalue weighted by Gasteiger charge is 2.42. The average Bonchev–Trinajstić information content (AvgIpc) is 4.09. The van der Waals surface area contributed by atoms with Crippen molar-refractivity contribution in [3.63, 3.8) is 0 Å². The SMILES string of the molecule is CC(C)(C)c1cc(N2CN(c3cccc(Oc4ccc5c6cc([Si](c7ccccc7)(c7ccccc7)c7ccccc7)ccc6n(-c6nc7ccccc7o6)c5c4)c3)c3ccccc32)cc(C(C)(C)C)c1. The summed E-state index contributed by atoms with van der Waals surface area (Å²) in [5, 5.41) is 7.47. The van der Waals surface area contributed by atoms with Gasteiger partial charge in [-0.05, 0) is 109 Å². The fourth-order valence-corrected chi connectivity index (χ4v) is 15.4. The number of nitrogens with zero attached hydrogens (tertiary/aromatic N) is 4. The standard InChI is InChI=1S/C64H56N4O2Si/c1-63(2,3)44-37-45(64(4,5)6)39-47(38-44)67-43-66(58-30-17-18-31-59(58)67)46-21-20-22-48(40-46)69-49-33-35-54-55-42-53(34-36-57(55)68(60(54)41-49)62-65-56-29-16-19-32-61(56)70-62)71(50-23-10-7-11-24-50,51-25-12-8-13-26-51)52-27-14-9-15-28-52/h7-42H,43H2,1-6H3. The average molecular weight is 941 g/mol. The molecule has 0 bridgehead atoms. The Morgan fingerprint density at radius 2 is 1.01 bits per heavy atom.